The van der Waals surface area contributed by atoms with Gasteiger partial charge in [-0.25, -0.2) is 14.6 Å². The molecule has 0 saturated carbocycles. The van der Waals surface area contributed by atoms with Gasteiger partial charge in [0.1, 0.15) is 10.2 Å². The second-order valence-electron chi connectivity index (χ2n) is 6.77. The predicted octanol–water partition coefficient (Wildman–Crippen LogP) is 4.43. The van der Waals surface area contributed by atoms with E-state index in [9.17, 15) is 14.4 Å². The number of nitrogens with one attached hydrogen (secondary N) is 1. The number of aromatic nitrogens is 1. The van der Waals surface area contributed by atoms with Crippen LogP contribution >= 0.6 is 22.9 Å². The zero-order valence-corrected chi connectivity index (χ0v) is 18.4. The van der Waals surface area contributed by atoms with E-state index in [0.29, 0.717) is 10.6 Å². The number of esters is 2. The SMILES string of the molecule is CCOC(=O)c1c(NC(=O)C(CC)OC(=O)c2cccnc2Cl)sc2c1CCCC2. The molecule has 1 atom stereocenters. The van der Waals surface area contributed by atoms with Crippen LogP contribution in [0.3, 0.4) is 0 Å². The molecule has 0 spiro atoms. The summed E-state index contributed by atoms with van der Waals surface area (Å²) in [5.41, 5.74) is 1.46. The molecule has 1 aliphatic rings. The number of hydrogen-bond acceptors (Lipinski definition) is 7. The molecule has 0 aromatic carbocycles. The maximum Gasteiger partial charge on any atom is 0.342 e. The zero-order valence-electron chi connectivity index (χ0n) is 16.8. The number of amides is 1. The van der Waals surface area contributed by atoms with E-state index in [1.165, 1.54) is 23.6 Å². The van der Waals surface area contributed by atoms with E-state index in [0.717, 1.165) is 36.1 Å². The van der Waals surface area contributed by atoms with Crippen molar-refractivity contribution in [1.29, 1.82) is 0 Å². The summed E-state index contributed by atoms with van der Waals surface area (Å²) in [5, 5.41) is 3.23. The predicted molar refractivity (Wildman–Crippen MR) is 114 cm³/mol. The summed E-state index contributed by atoms with van der Waals surface area (Å²) in [5.74, 6) is -1.68. The van der Waals surface area contributed by atoms with Gasteiger partial charge >= 0.3 is 11.9 Å². The van der Waals surface area contributed by atoms with E-state index in [-0.39, 0.29) is 23.7 Å². The largest absolute Gasteiger partial charge is 0.462 e. The summed E-state index contributed by atoms with van der Waals surface area (Å²) in [7, 11) is 0. The smallest absolute Gasteiger partial charge is 0.342 e. The van der Waals surface area contributed by atoms with Crippen LogP contribution in [-0.4, -0.2) is 35.5 Å². The van der Waals surface area contributed by atoms with Crippen molar-refractivity contribution >= 4 is 45.8 Å². The molecule has 3 rings (SSSR count). The highest BCUT2D eigenvalue weighted by Gasteiger charge is 2.30. The van der Waals surface area contributed by atoms with Crippen LogP contribution in [0, 0.1) is 0 Å². The molecule has 0 radical (unpaired) electrons. The van der Waals surface area contributed by atoms with Gasteiger partial charge in [0, 0.05) is 11.1 Å². The van der Waals surface area contributed by atoms with Crippen molar-refractivity contribution in [3.63, 3.8) is 0 Å². The molecule has 160 valence electrons. The molecule has 1 aliphatic carbocycles. The number of carbonyl (C=O) groups is 3. The summed E-state index contributed by atoms with van der Waals surface area (Å²) >= 11 is 7.32. The fourth-order valence-electron chi connectivity index (χ4n) is 3.32. The Bertz CT molecular complexity index is 959. The number of pyridine rings is 1. The molecule has 7 nitrogen and oxygen atoms in total. The summed E-state index contributed by atoms with van der Waals surface area (Å²) in [6, 6.07) is 3.04. The molecule has 0 fully saturated rings. The summed E-state index contributed by atoms with van der Waals surface area (Å²) < 4.78 is 10.6. The van der Waals surface area contributed by atoms with E-state index in [1.807, 2.05) is 0 Å². The van der Waals surface area contributed by atoms with Gasteiger partial charge in [-0.15, -0.1) is 11.3 Å². The fourth-order valence-corrected chi connectivity index (χ4v) is 4.80. The molecular formula is C21H23ClN2O5S. The van der Waals surface area contributed by atoms with Crippen LogP contribution in [0.2, 0.25) is 5.15 Å². The number of anilines is 1. The van der Waals surface area contributed by atoms with Crippen LogP contribution in [0.1, 0.15) is 64.3 Å². The summed E-state index contributed by atoms with van der Waals surface area (Å²) in [6.45, 7) is 3.72. The number of fused-ring (bicyclic) bond motifs is 1. The van der Waals surface area contributed by atoms with Gasteiger partial charge in [-0.2, -0.15) is 0 Å². The minimum atomic E-state index is -1.04. The molecule has 2 heterocycles. The van der Waals surface area contributed by atoms with Crippen molar-refractivity contribution in [3.8, 4) is 0 Å². The Balaban J connectivity index is 1.80. The van der Waals surface area contributed by atoms with Gasteiger partial charge in [-0.1, -0.05) is 18.5 Å². The third-order valence-corrected chi connectivity index (χ3v) is 6.29. The lowest BCUT2D eigenvalue weighted by atomic mass is 9.95. The first-order chi connectivity index (χ1) is 14.5. The maximum atomic E-state index is 12.9. The van der Waals surface area contributed by atoms with Crippen molar-refractivity contribution in [3.05, 3.63) is 45.1 Å². The van der Waals surface area contributed by atoms with Crippen molar-refractivity contribution in [2.75, 3.05) is 11.9 Å². The normalized spacial score (nSPS) is 13.8. The molecule has 0 bridgehead atoms. The quantitative estimate of drug-likeness (QED) is 0.495. The molecule has 2 aromatic heterocycles. The number of aryl methyl sites for hydroxylation is 1. The molecule has 9 heteroatoms. The van der Waals surface area contributed by atoms with E-state index in [4.69, 9.17) is 21.1 Å². The van der Waals surface area contributed by atoms with Crippen molar-refractivity contribution < 1.29 is 23.9 Å². The minimum absolute atomic E-state index is 0.00768. The Morgan fingerprint density at radius 3 is 2.70 bits per heavy atom. The first-order valence-corrected chi connectivity index (χ1v) is 11.1. The third kappa shape index (κ3) is 4.82. The number of halogens is 1. The molecular weight excluding hydrogens is 428 g/mol. The Kier molecular flexibility index (Phi) is 7.44. The monoisotopic (exact) mass is 450 g/mol. The fraction of sp³-hybridized carbons (Fsp3) is 0.429. The highest BCUT2D eigenvalue weighted by Crippen LogP contribution is 2.38. The number of thiophene rings is 1. The molecule has 30 heavy (non-hydrogen) atoms. The van der Waals surface area contributed by atoms with E-state index < -0.39 is 23.9 Å². The van der Waals surface area contributed by atoms with Gasteiger partial charge in [0.05, 0.1) is 17.7 Å². The Labute approximate surface area is 183 Å². The zero-order chi connectivity index (χ0) is 21.7. The topological polar surface area (TPSA) is 94.6 Å². The van der Waals surface area contributed by atoms with Gasteiger partial charge in [0.2, 0.25) is 0 Å². The average Bonchev–Trinajstić information content (AvgIpc) is 3.10. The second-order valence-corrected chi connectivity index (χ2v) is 8.23. The maximum absolute atomic E-state index is 12.9. The molecule has 1 N–H and O–H groups in total. The lowest BCUT2D eigenvalue weighted by Gasteiger charge is -2.16. The van der Waals surface area contributed by atoms with Gasteiger partial charge in [0.15, 0.2) is 6.10 Å². The summed E-state index contributed by atoms with van der Waals surface area (Å²) in [4.78, 5) is 42.8. The second kappa shape index (κ2) is 10.0. The standard InChI is InChI=1S/C21H23ClN2O5S/c1-3-14(29-20(26)13-9-7-11-23-17(13)22)18(25)24-19-16(21(27)28-4-2)12-8-5-6-10-15(12)30-19/h7,9,11,14H,3-6,8,10H2,1-2H3,(H,24,25). The van der Waals surface area contributed by atoms with Crippen LogP contribution in [0.15, 0.2) is 18.3 Å². The van der Waals surface area contributed by atoms with Crippen molar-refractivity contribution in [2.24, 2.45) is 0 Å². The minimum Gasteiger partial charge on any atom is -0.462 e. The lowest BCUT2D eigenvalue weighted by molar-refractivity contribution is -0.124. The van der Waals surface area contributed by atoms with E-state index in [1.54, 1.807) is 19.9 Å². The van der Waals surface area contributed by atoms with Crippen LogP contribution in [0.4, 0.5) is 5.00 Å². The van der Waals surface area contributed by atoms with Gasteiger partial charge in [0.25, 0.3) is 5.91 Å². The first-order valence-electron chi connectivity index (χ1n) is 9.90. The number of carbonyl (C=O) groups excluding carboxylic acids is 3. The number of nitrogens with zero attached hydrogens (tertiary/aromatic N) is 1. The number of rotatable bonds is 7. The van der Waals surface area contributed by atoms with Crippen LogP contribution in [0.25, 0.3) is 0 Å². The van der Waals surface area contributed by atoms with E-state index in [2.05, 4.69) is 10.3 Å². The van der Waals surface area contributed by atoms with E-state index >= 15 is 0 Å². The van der Waals surface area contributed by atoms with Gasteiger partial charge in [-0.05, 0) is 56.7 Å². The molecule has 0 aliphatic heterocycles. The Hall–Kier alpha value is -2.45. The molecule has 1 unspecified atom stereocenters. The molecule has 1 amide bonds. The average molecular weight is 451 g/mol. The Morgan fingerprint density at radius 1 is 1.23 bits per heavy atom. The van der Waals surface area contributed by atoms with Crippen LogP contribution in [0.5, 0.6) is 0 Å². The third-order valence-electron chi connectivity index (χ3n) is 4.78. The van der Waals surface area contributed by atoms with Crippen LogP contribution < -0.4 is 5.32 Å². The van der Waals surface area contributed by atoms with Gasteiger partial charge in [-0.3, -0.25) is 4.79 Å². The van der Waals surface area contributed by atoms with Crippen molar-refractivity contribution in [2.45, 2.75) is 52.1 Å². The highest BCUT2D eigenvalue weighted by atomic mass is 35.5. The molecule has 0 saturated heterocycles. The molecule has 2 aromatic rings. The number of hydrogen-bond donors (Lipinski definition) is 1. The Morgan fingerprint density at radius 2 is 2.00 bits per heavy atom. The summed E-state index contributed by atoms with van der Waals surface area (Å²) in [6.07, 6.45) is 4.36. The first kappa shape index (κ1) is 22.2. The van der Waals surface area contributed by atoms with Crippen molar-refractivity contribution in [1.82, 2.24) is 4.98 Å². The van der Waals surface area contributed by atoms with Gasteiger partial charge < -0.3 is 14.8 Å². The highest BCUT2D eigenvalue weighted by molar-refractivity contribution is 7.17. The van der Waals surface area contributed by atoms with Crippen LogP contribution in [-0.2, 0) is 27.1 Å². The number of ether oxygens (including phenoxy) is 2. The lowest BCUT2D eigenvalue weighted by Crippen LogP contribution is -2.32.